The average molecular weight is 423 g/mol. The molecule has 29 heavy (non-hydrogen) atoms. The molecule has 0 spiro atoms. The minimum absolute atomic E-state index is 0.175. The van der Waals surface area contributed by atoms with Crippen molar-refractivity contribution in [2.75, 3.05) is 38.3 Å². The molecule has 1 N–H and O–H groups in total. The number of hydrogen-bond acceptors (Lipinski definition) is 8. The lowest BCUT2D eigenvalue weighted by molar-refractivity contribution is 0.0948. The fourth-order valence-electron chi connectivity index (χ4n) is 3.36. The molecule has 2 aromatic rings. The summed E-state index contributed by atoms with van der Waals surface area (Å²) >= 11 is 0. The Balaban J connectivity index is 1.87. The highest BCUT2D eigenvalue weighted by atomic mass is 32.2. The molecule has 1 unspecified atom stereocenters. The predicted molar refractivity (Wildman–Crippen MR) is 107 cm³/mol. The van der Waals surface area contributed by atoms with Gasteiger partial charge in [0, 0.05) is 51.4 Å². The Labute approximate surface area is 170 Å². The van der Waals surface area contributed by atoms with Gasteiger partial charge in [-0.1, -0.05) is 5.16 Å². The molecule has 0 aromatic carbocycles. The summed E-state index contributed by atoms with van der Waals surface area (Å²) in [5.74, 6) is 0.635. The molecule has 158 valence electrons. The van der Waals surface area contributed by atoms with Crippen LogP contribution >= 0.6 is 0 Å². The number of carbonyl (C=O) groups is 1. The highest BCUT2D eigenvalue weighted by Gasteiger charge is 2.33. The number of nitrogens with one attached hydrogen (secondary N) is 1. The molecule has 1 amide bonds. The van der Waals surface area contributed by atoms with Crippen LogP contribution in [0.4, 0.5) is 5.95 Å². The van der Waals surface area contributed by atoms with Crippen LogP contribution in [0.15, 0.2) is 10.7 Å². The summed E-state index contributed by atoms with van der Waals surface area (Å²) in [6.07, 6.45) is 3.29. The Morgan fingerprint density at radius 2 is 2.10 bits per heavy atom. The van der Waals surface area contributed by atoms with E-state index in [1.807, 2.05) is 21.0 Å². The molecule has 0 bridgehead atoms. The molecule has 11 heteroatoms. The third kappa shape index (κ3) is 4.56. The third-order valence-electron chi connectivity index (χ3n) is 5.06. The Kier molecular flexibility index (Phi) is 5.90. The fraction of sp³-hybridized carbons (Fsp3) is 0.556. The lowest BCUT2D eigenvalue weighted by atomic mass is 9.99. The first-order valence-corrected chi connectivity index (χ1v) is 11.1. The molecule has 1 saturated heterocycles. The first-order chi connectivity index (χ1) is 13.6. The molecule has 3 rings (SSSR count). The van der Waals surface area contributed by atoms with Crippen LogP contribution in [-0.2, 0) is 16.6 Å². The van der Waals surface area contributed by atoms with Gasteiger partial charge in [0.25, 0.3) is 5.91 Å². The summed E-state index contributed by atoms with van der Waals surface area (Å²) in [5, 5.41) is 6.76. The molecule has 1 atom stereocenters. The number of sulfonamides is 1. The second-order valence-electron chi connectivity index (χ2n) is 7.46. The first-order valence-electron chi connectivity index (χ1n) is 9.27. The Morgan fingerprint density at radius 1 is 1.38 bits per heavy atom. The van der Waals surface area contributed by atoms with Crippen molar-refractivity contribution in [3.63, 3.8) is 0 Å². The molecule has 1 aliphatic heterocycles. The van der Waals surface area contributed by atoms with Gasteiger partial charge in [-0.05, 0) is 20.3 Å². The standard InChI is InChI=1S/C18H26N6O4S/c1-11-14(12(2)28-22-11)8-19-17(25)15-9-20-18(23(3)4)21-16(15)13-6-7-24(10-13)29(5,26)27/h9,13H,6-8,10H2,1-5H3,(H,19,25). The summed E-state index contributed by atoms with van der Waals surface area (Å²) in [4.78, 5) is 23.5. The van der Waals surface area contributed by atoms with Gasteiger partial charge < -0.3 is 14.7 Å². The maximum absolute atomic E-state index is 12.9. The molecule has 3 heterocycles. The topological polar surface area (TPSA) is 122 Å². The van der Waals surface area contributed by atoms with E-state index in [4.69, 9.17) is 4.52 Å². The zero-order valence-corrected chi connectivity index (χ0v) is 18.1. The van der Waals surface area contributed by atoms with Gasteiger partial charge in [-0.2, -0.15) is 0 Å². The maximum atomic E-state index is 12.9. The van der Waals surface area contributed by atoms with Crippen molar-refractivity contribution in [2.24, 2.45) is 0 Å². The van der Waals surface area contributed by atoms with Gasteiger partial charge in [-0.25, -0.2) is 22.7 Å². The Morgan fingerprint density at radius 3 is 2.66 bits per heavy atom. The highest BCUT2D eigenvalue weighted by Crippen LogP contribution is 2.30. The molecule has 1 aliphatic rings. The third-order valence-corrected chi connectivity index (χ3v) is 6.33. The number of carbonyl (C=O) groups excluding carboxylic acids is 1. The van der Waals surface area contributed by atoms with Crippen molar-refractivity contribution >= 4 is 21.9 Å². The first kappa shape index (κ1) is 21.2. The molecular formula is C18H26N6O4S. The van der Waals surface area contributed by atoms with Crippen LogP contribution < -0.4 is 10.2 Å². The summed E-state index contributed by atoms with van der Waals surface area (Å²) in [6.45, 7) is 4.59. The minimum Gasteiger partial charge on any atom is -0.361 e. The summed E-state index contributed by atoms with van der Waals surface area (Å²) < 4.78 is 30.3. The van der Waals surface area contributed by atoms with Crippen LogP contribution in [0.25, 0.3) is 0 Å². The highest BCUT2D eigenvalue weighted by molar-refractivity contribution is 7.88. The molecule has 2 aromatic heterocycles. The number of aryl methyl sites for hydroxylation is 2. The predicted octanol–water partition coefficient (Wildman–Crippen LogP) is 0.826. The van der Waals surface area contributed by atoms with E-state index in [-0.39, 0.29) is 18.4 Å². The van der Waals surface area contributed by atoms with Crippen molar-refractivity contribution in [1.82, 2.24) is 24.7 Å². The number of nitrogens with zero attached hydrogens (tertiary/aromatic N) is 5. The van der Waals surface area contributed by atoms with Crippen molar-refractivity contribution in [1.29, 1.82) is 0 Å². The van der Waals surface area contributed by atoms with E-state index >= 15 is 0 Å². The van der Waals surface area contributed by atoms with Gasteiger partial charge in [-0.15, -0.1) is 0 Å². The van der Waals surface area contributed by atoms with Crippen molar-refractivity contribution in [2.45, 2.75) is 32.7 Å². The number of hydrogen-bond donors (Lipinski definition) is 1. The van der Waals surface area contributed by atoms with Crippen molar-refractivity contribution in [3.05, 3.63) is 34.5 Å². The number of anilines is 1. The fourth-order valence-corrected chi connectivity index (χ4v) is 4.25. The Bertz CT molecular complexity index is 998. The number of amides is 1. The van der Waals surface area contributed by atoms with Crippen molar-refractivity contribution < 1.29 is 17.7 Å². The monoisotopic (exact) mass is 422 g/mol. The molecule has 10 nitrogen and oxygen atoms in total. The Hall–Kier alpha value is -2.53. The van der Waals surface area contributed by atoms with Crippen LogP contribution in [0.2, 0.25) is 0 Å². The van der Waals surface area contributed by atoms with Gasteiger partial charge in [0.2, 0.25) is 16.0 Å². The van der Waals surface area contributed by atoms with Crippen LogP contribution in [0.1, 0.15) is 45.4 Å². The lowest BCUT2D eigenvalue weighted by Gasteiger charge is -2.18. The second-order valence-corrected chi connectivity index (χ2v) is 9.44. The van der Waals surface area contributed by atoms with E-state index in [9.17, 15) is 13.2 Å². The lowest BCUT2D eigenvalue weighted by Crippen LogP contribution is -2.29. The number of aromatic nitrogens is 3. The normalized spacial score (nSPS) is 17.5. The van der Waals surface area contributed by atoms with Crippen LogP contribution in [-0.4, -0.2) is 67.2 Å². The molecule has 1 fully saturated rings. The van der Waals surface area contributed by atoms with E-state index in [0.717, 1.165) is 11.3 Å². The molecular weight excluding hydrogens is 396 g/mol. The van der Waals surface area contributed by atoms with Gasteiger partial charge >= 0.3 is 0 Å². The zero-order valence-electron chi connectivity index (χ0n) is 17.3. The average Bonchev–Trinajstić information content (AvgIpc) is 3.27. The van der Waals surface area contributed by atoms with Gasteiger partial charge in [0.15, 0.2) is 0 Å². The van der Waals surface area contributed by atoms with E-state index < -0.39 is 10.0 Å². The second kappa shape index (κ2) is 8.07. The molecule has 0 radical (unpaired) electrons. The van der Waals surface area contributed by atoms with E-state index in [1.54, 1.807) is 11.8 Å². The summed E-state index contributed by atoms with van der Waals surface area (Å²) in [6, 6.07) is 0. The molecule has 0 saturated carbocycles. The van der Waals surface area contributed by atoms with Gasteiger partial charge in [-0.3, -0.25) is 4.79 Å². The summed E-state index contributed by atoms with van der Waals surface area (Å²) in [7, 11) is 0.336. The number of rotatable bonds is 6. The largest absolute Gasteiger partial charge is 0.361 e. The smallest absolute Gasteiger partial charge is 0.254 e. The van der Waals surface area contributed by atoms with Gasteiger partial charge in [0.1, 0.15) is 5.76 Å². The van der Waals surface area contributed by atoms with E-state index in [1.165, 1.54) is 16.8 Å². The molecule has 0 aliphatic carbocycles. The van der Waals surface area contributed by atoms with Gasteiger partial charge in [0.05, 0.1) is 23.2 Å². The van der Waals surface area contributed by atoms with Crippen molar-refractivity contribution in [3.8, 4) is 0 Å². The van der Waals surface area contributed by atoms with E-state index in [2.05, 4.69) is 20.4 Å². The minimum atomic E-state index is -3.29. The van der Waals surface area contributed by atoms with E-state index in [0.29, 0.717) is 42.5 Å². The van der Waals surface area contributed by atoms with Crippen LogP contribution in [0.5, 0.6) is 0 Å². The quantitative estimate of drug-likeness (QED) is 0.726. The maximum Gasteiger partial charge on any atom is 0.254 e. The van der Waals surface area contributed by atoms with Crippen LogP contribution in [0, 0.1) is 13.8 Å². The summed E-state index contributed by atoms with van der Waals surface area (Å²) in [5.41, 5.74) is 2.46. The SMILES string of the molecule is Cc1noc(C)c1CNC(=O)c1cnc(N(C)C)nc1C1CCN(S(C)(=O)=O)C1. The van der Waals surface area contributed by atoms with Crippen LogP contribution in [0.3, 0.4) is 0 Å². The zero-order chi connectivity index (χ0) is 21.3.